The Hall–Kier alpha value is -5.95. The van der Waals surface area contributed by atoms with Gasteiger partial charge in [-0.25, -0.2) is 0 Å². The molecule has 0 saturated heterocycles. The SMILES string of the molecule is O=C(O)CCOCCOCCOCCOCCOCCOCCOCCOCCOCCOCCOCCOCCOCCOCCOCCOCCOCCOCCOCCOCCOCCOCCOCCOCCNC(=O)C(CCCCCCCCCCCCCCC(=O)OCc1ccccc1)(CCCCCCCCCCCCCCC(=O)OCc1ccccc1)C(=O)OCc1ccccc1. The number of amides is 1. The van der Waals surface area contributed by atoms with Gasteiger partial charge in [0.25, 0.3) is 0 Å². The van der Waals surface area contributed by atoms with E-state index in [4.69, 9.17) is 133 Å². The zero-order chi connectivity index (χ0) is 98.8. The van der Waals surface area contributed by atoms with Crippen molar-refractivity contribution in [1.82, 2.24) is 5.32 Å². The molecule has 0 bridgehead atoms. The van der Waals surface area contributed by atoms with E-state index in [9.17, 15) is 24.0 Å². The number of hydrogen-bond donors (Lipinski definition) is 2. The Labute approximate surface area is 831 Å². The Morgan fingerprint density at radius 1 is 0.201 bits per heavy atom. The minimum Gasteiger partial charge on any atom is -0.481 e. The number of ether oxygens (including phenoxy) is 27. The Morgan fingerprint density at radius 2 is 0.374 bits per heavy atom. The lowest BCUT2D eigenvalue weighted by Crippen LogP contribution is -2.48. The van der Waals surface area contributed by atoms with Gasteiger partial charge >= 0.3 is 23.9 Å². The van der Waals surface area contributed by atoms with Gasteiger partial charge in [0.2, 0.25) is 5.91 Å². The van der Waals surface area contributed by atoms with Crippen molar-refractivity contribution < 1.29 is 157 Å². The van der Waals surface area contributed by atoms with Gasteiger partial charge < -0.3 is 138 Å². The molecule has 802 valence electrons. The molecule has 3 rings (SSSR count). The van der Waals surface area contributed by atoms with Crippen LogP contribution in [0.1, 0.15) is 203 Å². The lowest BCUT2D eigenvalue weighted by molar-refractivity contribution is -0.164. The number of aliphatic carboxylic acids is 1. The van der Waals surface area contributed by atoms with Crippen LogP contribution in [0.5, 0.6) is 0 Å². The Balaban J connectivity index is 1.05. The third-order valence-electron chi connectivity index (χ3n) is 21.5. The van der Waals surface area contributed by atoms with E-state index in [1.807, 2.05) is 91.0 Å². The maximum absolute atomic E-state index is 14.6. The van der Waals surface area contributed by atoms with Gasteiger partial charge in [0, 0.05) is 19.4 Å². The summed E-state index contributed by atoms with van der Waals surface area (Å²) in [5.41, 5.74) is 1.57. The average molecular weight is 1980 g/mol. The van der Waals surface area contributed by atoms with E-state index >= 15 is 0 Å². The molecule has 0 fully saturated rings. The van der Waals surface area contributed by atoms with E-state index in [0.717, 1.165) is 119 Å². The van der Waals surface area contributed by atoms with Gasteiger partial charge in [-0.2, -0.15) is 0 Å². The fourth-order valence-corrected chi connectivity index (χ4v) is 13.8. The highest BCUT2D eigenvalue weighted by Crippen LogP contribution is 2.35. The van der Waals surface area contributed by atoms with Crippen LogP contribution in [0.2, 0.25) is 0 Å². The van der Waals surface area contributed by atoms with Crippen LogP contribution in [0, 0.1) is 5.41 Å². The van der Waals surface area contributed by atoms with Crippen LogP contribution in [0.25, 0.3) is 0 Å². The largest absolute Gasteiger partial charge is 0.481 e. The minimum absolute atomic E-state index is 0.0143. The van der Waals surface area contributed by atoms with Gasteiger partial charge in [0.05, 0.1) is 324 Å². The first-order valence-corrected chi connectivity index (χ1v) is 51.7. The molecule has 0 aliphatic heterocycles. The van der Waals surface area contributed by atoms with Gasteiger partial charge in [-0.3, -0.25) is 24.0 Å². The zero-order valence-electron chi connectivity index (χ0n) is 84.4. The molecule has 0 aliphatic rings. The summed E-state index contributed by atoms with van der Waals surface area (Å²) < 4.78 is 150. The van der Waals surface area contributed by atoms with Crippen LogP contribution in [-0.2, 0) is 172 Å². The van der Waals surface area contributed by atoms with Gasteiger partial charge in [-0.05, 0) is 42.4 Å². The number of hydrogen-bond acceptors (Lipinski definition) is 32. The molecule has 0 aliphatic carbocycles. The molecule has 139 heavy (non-hydrogen) atoms. The molecule has 0 saturated carbocycles. The fourth-order valence-electron chi connectivity index (χ4n) is 13.8. The zero-order valence-corrected chi connectivity index (χ0v) is 84.4. The summed E-state index contributed by atoms with van der Waals surface area (Å²) in [6, 6.07) is 29.2. The van der Waals surface area contributed by atoms with Crippen LogP contribution < -0.4 is 5.32 Å². The minimum atomic E-state index is -1.32. The summed E-state index contributed by atoms with van der Waals surface area (Å²) in [6.45, 7) is 22.1. The first-order chi connectivity index (χ1) is 68.8. The number of carboxylic acids is 1. The Bertz CT molecular complexity index is 3010. The molecule has 0 radical (unpaired) electrons. The summed E-state index contributed by atoms with van der Waals surface area (Å²) >= 11 is 0. The van der Waals surface area contributed by atoms with E-state index in [1.165, 1.54) is 51.4 Å². The molecule has 34 nitrogen and oxygen atoms in total. The number of rotatable bonds is 113. The summed E-state index contributed by atoms with van der Waals surface area (Å²) in [6.07, 6.45) is 27.3. The van der Waals surface area contributed by atoms with Crippen molar-refractivity contribution in [3.8, 4) is 0 Å². The highest BCUT2D eigenvalue weighted by Gasteiger charge is 2.46. The molecule has 0 spiro atoms. The molecule has 3 aromatic rings. The van der Waals surface area contributed by atoms with Crippen LogP contribution >= 0.6 is 0 Å². The second-order valence-electron chi connectivity index (χ2n) is 33.0. The quantitative estimate of drug-likeness (QED) is 0.0229. The van der Waals surface area contributed by atoms with Gasteiger partial charge in [0.15, 0.2) is 0 Å². The molecule has 0 atom stereocenters. The molecular weight excluding hydrogens is 1800 g/mol. The first kappa shape index (κ1) is 127. The third-order valence-corrected chi connectivity index (χ3v) is 21.5. The highest BCUT2D eigenvalue weighted by atomic mass is 16.6. The van der Waals surface area contributed by atoms with Gasteiger partial charge in [-0.15, -0.1) is 0 Å². The second-order valence-corrected chi connectivity index (χ2v) is 33.0. The lowest BCUT2D eigenvalue weighted by Gasteiger charge is -2.31. The number of unbranched alkanes of at least 4 members (excludes halogenated alkanes) is 22. The lowest BCUT2D eigenvalue weighted by atomic mass is 9.76. The predicted octanol–water partition coefficient (Wildman–Crippen LogP) is 14.1. The van der Waals surface area contributed by atoms with Crippen molar-refractivity contribution >= 4 is 29.8 Å². The Kier molecular flexibility index (Phi) is 94.7. The van der Waals surface area contributed by atoms with Crippen LogP contribution in [0.4, 0.5) is 0 Å². The first-order valence-electron chi connectivity index (χ1n) is 51.7. The Morgan fingerprint density at radius 3 is 0.576 bits per heavy atom. The third kappa shape index (κ3) is 88.3. The maximum Gasteiger partial charge on any atom is 0.321 e. The predicted molar refractivity (Wildman–Crippen MR) is 525 cm³/mol. The van der Waals surface area contributed by atoms with E-state index in [0.29, 0.717) is 343 Å². The van der Waals surface area contributed by atoms with Crippen LogP contribution in [0.15, 0.2) is 91.0 Å². The smallest absolute Gasteiger partial charge is 0.321 e. The van der Waals surface area contributed by atoms with Crippen molar-refractivity contribution in [2.45, 2.75) is 206 Å². The number of carbonyl (C=O) groups is 5. The summed E-state index contributed by atoms with van der Waals surface area (Å²) in [5.74, 6) is -1.88. The molecule has 1 amide bonds. The standard InChI is InChI=1S/C105H179NO33/c107-100(108)42-46-113-48-50-115-52-54-117-56-58-119-60-62-121-64-66-123-68-70-125-72-74-127-76-78-129-80-82-131-84-86-133-88-90-135-92-93-136-91-89-134-87-85-132-83-81-130-79-77-128-75-73-126-71-69-124-67-65-122-63-61-120-59-57-118-55-53-116-51-49-114-47-45-106-103(111)105(104(112)139-96-99-38-28-23-29-39-99,43-32-19-15-11-7-3-1-5-9-13-17-30-40-101(109)137-94-97-34-24-21-25-35-97)44-33-20-16-12-8-4-2-6-10-14-18-31-41-102(110)138-95-98-36-26-22-27-37-98/h21-29,34-39H,1-20,30-33,40-96H2,(H,106,111)(H,107,108). The van der Waals surface area contributed by atoms with Gasteiger partial charge in [-0.1, -0.05) is 232 Å². The van der Waals surface area contributed by atoms with E-state index < -0.39 is 17.4 Å². The average Bonchev–Trinajstić information content (AvgIpc) is 0.805. The monoisotopic (exact) mass is 1980 g/mol. The topological polar surface area (TPSA) is 367 Å². The summed E-state index contributed by atoms with van der Waals surface area (Å²) in [4.78, 5) is 63.9. The van der Waals surface area contributed by atoms with Crippen molar-refractivity contribution in [1.29, 1.82) is 0 Å². The molecule has 0 heterocycles. The fraction of sp³-hybridized carbons (Fsp3) is 0.781. The van der Waals surface area contributed by atoms with Crippen molar-refractivity contribution in [2.75, 3.05) is 324 Å². The summed E-state index contributed by atoms with van der Waals surface area (Å²) in [5, 5.41) is 11.6. The number of benzene rings is 3. The van der Waals surface area contributed by atoms with Crippen LogP contribution in [0.3, 0.4) is 0 Å². The maximum atomic E-state index is 14.6. The van der Waals surface area contributed by atoms with Crippen molar-refractivity contribution in [2.24, 2.45) is 5.41 Å². The second kappa shape index (κ2) is 103. The van der Waals surface area contributed by atoms with Crippen molar-refractivity contribution in [3.05, 3.63) is 108 Å². The normalized spacial score (nSPS) is 11.6. The van der Waals surface area contributed by atoms with Crippen molar-refractivity contribution in [3.63, 3.8) is 0 Å². The van der Waals surface area contributed by atoms with Crippen LogP contribution in [-0.4, -0.2) is 359 Å². The van der Waals surface area contributed by atoms with E-state index in [-0.39, 0.29) is 50.6 Å². The molecule has 34 heteroatoms. The van der Waals surface area contributed by atoms with E-state index in [2.05, 4.69) is 5.32 Å². The van der Waals surface area contributed by atoms with E-state index in [1.54, 1.807) is 0 Å². The van der Waals surface area contributed by atoms with Gasteiger partial charge in [0.1, 0.15) is 25.2 Å². The summed E-state index contributed by atoms with van der Waals surface area (Å²) in [7, 11) is 0. The number of carbonyl (C=O) groups excluding carboxylic acids is 4. The molecular formula is C105H179NO33. The highest BCUT2D eigenvalue weighted by molar-refractivity contribution is 6.02. The number of nitrogens with one attached hydrogen (secondary N) is 1. The molecule has 3 aromatic carbocycles. The number of esters is 3. The molecule has 0 unspecified atom stereocenters. The molecule has 0 aromatic heterocycles. The molecule has 2 N–H and O–H groups in total. The number of carboxylic acid groups (broad SMARTS) is 1.